The number of benzene rings is 2. The number of halogens is 1. The third-order valence-corrected chi connectivity index (χ3v) is 4.33. The zero-order valence-corrected chi connectivity index (χ0v) is 17.5. The zero-order valence-electron chi connectivity index (χ0n) is 15.2. The minimum Gasteiger partial charge on any atom is -0.354 e. The van der Waals surface area contributed by atoms with Gasteiger partial charge in [-0.05, 0) is 37.1 Å². The number of amides is 1. The van der Waals surface area contributed by atoms with Crippen molar-refractivity contribution in [3.05, 3.63) is 65.2 Å². The van der Waals surface area contributed by atoms with Gasteiger partial charge in [0.05, 0.1) is 0 Å². The summed E-state index contributed by atoms with van der Waals surface area (Å²) in [6.07, 6.45) is 1.03. The number of para-hydroxylation sites is 1. The van der Waals surface area contributed by atoms with Crippen LogP contribution in [0.5, 0.6) is 0 Å². The van der Waals surface area contributed by atoms with Gasteiger partial charge in [-0.3, -0.25) is 9.79 Å². The van der Waals surface area contributed by atoms with Crippen LogP contribution in [0.4, 0.5) is 5.69 Å². The van der Waals surface area contributed by atoms with E-state index in [-0.39, 0.29) is 29.9 Å². The van der Waals surface area contributed by atoms with E-state index in [9.17, 15) is 4.79 Å². The Kier molecular flexibility index (Phi) is 7.44. The van der Waals surface area contributed by atoms with Gasteiger partial charge in [0.15, 0.2) is 5.96 Å². The second-order valence-electron chi connectivity index (χ2n) is 6.13. The van der Waals surface area contributed by atoms with E-state index in [0.717, 1.165) is 24.5 Å². The number of aliphatic imine (C=N–C) groups is 1. The monoisotopic (exact) mass is 464 g/mol. The van der Waals surface area contributed by atoms with Crippen molar-refractivity contribution >= 4 is 41.5 Å². The predicted octanol–water partition coefficient (Wildman–Crippen LogP) is 2.98. The van der Waals surface area contributed by atoms with Crippen LogP contribution >= 0.6 is 24.0 Å². The van der Waals surface area contributed by atoms with E-state index in [1.807, 2.05) is 37.3 Å². The average Bonchev–Trinajstić information content (AvgIpc) is 3.06. The molecule has 0 bridgehead atoms. The second kappa shape index (κ2) is 9.56. The number of fused-ring (bicyclic) bond motifs is 1. The minimum absolute atomic E-state index is 0. The fourth-order valence-corrected chi connectivity index (χ4v) is 3.09. The van der Waals surface area contributed by atoms with Gasteiger partial charge < -0.3 is 15.5 Å². The number of hydrogen-bond acceptors (Lipinski definition) is 2. The van der Waals surface area contributed by atoms with Crippen molar-refractivity contribution in [2.75, 3.05) is 31.6 Å². The summed E-state index contributed by atoms with van der Waals surface area (Å²) in [4.78, 5) is 18.7. The first-order chi connectivity index (χ1) is 12.2. The lowest BCUT2D eigenvalue weighted by atomic mass is 10.1. The first-order valence-corrected chi connectivity index (χ1v) is 8.60. The highest BCUT2D eigenvalue weighted by Crippen LogP contribution is 2.27. The van der Waals surface area contributed by atoms with Crippen LogP contribution in [0.15, 0.2) is 53.5 Å². The first-order valence-electron chi connectivity index (χ1n) is 8.60. The van der Waals surface area contributed by atoms with Crippen LogP contribution in [0.2, 0.25) is 0 Å². The van der Waals surface area contributed by atoms with Crippen LogP contribution in [0.3, 0.4) is 0 Å². The molecule has 0 fully saturated rings. The third-order valence-electron chi connectivity index (χ3n) is 4.33. The lowest BCUT2D eigenvalue weighted by Gasteiger charge is -2.22. The summed E-state index contributed by atoms with van der Waals surface area (Å²) < 4.78 is 0. The highest BCUT2D eigenvalue weighted by Gasteiger charge is 2.22. The molecule has 26 heavy (non-hydrogen) atoms. The molecule has 0 saturated carbocycles. The maximum Gasteiger partial charge on any atom is 0.251 e. The molecule has 1 aliphatic heterocycles. The van der Waals surface area contributed by atoms with Crippen molar-refractivity contribution in [2.45, 2.75) is 13.3 Å². The summed E-state index contributed by atoms with van der Waals surface area (Å²) in [5.74, 6) is 0.793. The van der Waals surface area contributed by atoms with Crippen molar-refractivity contribution in [1.29, 1.82) is 0 Å². The number of nitrogens with zero attached hydrogens (tertiary/aromatic N) is 2. The van der Waals surface area contributed by atoms with Crippen LogP contribution in [0.25, 0.3) is 0 Å². The van der Waals surface area contributed by atoms with Gasteiger partial charge in [-0.25, -0.2) is 0 Å². The van der Waals surface area contributed by atoms with E-state index in [1.54, 1.807) is 7.05 Å². The molecule has 3 rings (SSSR count). The van der Waals surface area contributed by atoms with Gasteiger partial charge in [0.1, 0.15) is 0 Å². The predicted molar refractivity (Wildman–Crippen MR) is 118 cm³/mol. The molecular weight excluding hydrogens is 439 g/mol. The van der Waals surface area contributed by atoms with Crippen molar-refractivity contribution in [3.63, 3.8) is 0 Å². The fourth-order valence-electron chi connectivity index (χ4n) is 3.09. The number of hydrogen-bond donors (Lipinski definition) is 2. The van der Waals surface area contributed by atoms with Crippen LogP contribution in [0.1, 0.15) is 21.5 Å². The smallest absolute Gasteiger partial charge is 0.251 e. The molecule has 0 saturated heterocycles. The Labute approximate surface area is 171 Å². The molecule has 2 aromatic carbocycles. The lowest BCUT2D eigenvalue weighted by Crippen LogP contribution is -2.43. The molecule has 1 heterocycles. The summed E-state index contributed by atoms with van der Waals surface area (Å²) in [6, 6.07) is 16.0. The Hall–Kier alpha value is -2.09. The first kappa shape index (κ1) is 20.2. The molecule has 0 aliphatic carbocycles. The summed E-state index contributed by atoms with van der Waals surface area (Å²) in [6.45, 7) is 4.08. The van der Waals surface area contributed by atoms with E-state index in [1.165, 1.54) is 11.3 Å². The molecule has 0 aromatic heterocycles. The van der Waals surface area contributed by atoms with E-state index in [0.29, 0.717) is 18.7 Å². The van der Waals surface area contributed by atoms with Crippen molar-refractivity contribution in [1.82, 2.24) is 10.6 Å². The summed E-state index contributed by atoms with van der Waals surface area (Å²) in [7, 11) is 1.79. The van der Waals surface area contributed by atoms with E-state index >= 15 is 0 Å². The number of carbonyl (C=O) groups excluding carboxylic acids is 1. The van der Waals surface area contributed by atoms with E-state index < -0.39 is 0 Å². The molecule has 6 heteroatoms. The molecule has 0 unspecified atom stereocenters. The number of guanidine groups is 1. The quantitative estimate of drug-likeness (QED) is 0.317. The molecular formula is C20H25IN4O. The van der Waals surface area contributed by atoms with Crippen LogP contribution in [0, 0.1) is 6.92 Å². The molecule has 0 spiro atoms. The normalized spacial score (nSPS) is 13.0. The van der Waals surface area contributed by atoms with Gasteiger partial charge in [0.2, 0.25) is 0 Å². The summed E-state index contributed by atoms with van der Waals surface area (Å²) in [5.41, 5.74) is 4.33. The Balaban J connectivity index is 0.00000243. The molecule has 2 N–H and O–H groups in total. The number of anilines is 1. The van der Waals surface area contributed by atoms with Gasteiger partial charge >= 0.3 is 0 Å². The Bertz CT molecular complexity index is 791. The second-order valence-corrected chi connectivity index (χ2v) is 6.13. The van der Waals surface area contributed by atoms with Crippen LogP contribution in [-0.4, -0.2) is 38.5 Å². The molecule has 2 aromatic rings. The topological polar surface area (TPSA) is 56.7 Å². The Morgan fingerprint density at radius 2 is 1.88 bits per heavy atom. The van der Waals surface area contributed by atoms with Crippen LogP contribution in [-0.2, 0) is 6.42 Å². The lowest BCUT2D eigenvalue weighted by molar-refractivity contribution is 0.0954. The molecule has 1 amide bonds. The fraction of sp³-hybridized carbons (Fsp3) is 0.300. The minimum atomic E-state index is -0.0491. The largest absolute Gasteiger partial charge is 0.354 e. The highest BCUT2D eigenvalue weighted by molar-refractivity contribution is 14.0. The number of aryl methyl sites for hydroxylation is 1. The maximum atomic E-state index is 12.2. The summed E-state index contributed by atoms with van der Waals surface area (Å²) >= 11 is 0. The van der Waals surface area contributed by atoms with Gasteiger partial charge in [0.25, 0.3) is 5.91 Å². The SMILES string of the molecule is CN=C(NCCNC(=O)c1cccc(C)c1)N1CCc2ccccc21.I. The van der Waals surface area contributed by atoms with Crippen molar-refractivity contribution in [2.24, 2.45) is 4.99 Å². The average molecular weight is 464 g/mol. The van der Waals surface area contributed by atoms with Gasteiger partial charge in [-0.15, -0.1) is 24.0 Å². The maximum absolute atomic E-state index is 12.2. The number of carbonyl (C=O) groups is 1. The standard InChI is InChI=1S/C20H24N4O.HI/c1-15-6-5-8-17(14-15)19(25)22-11-12-23-20(21-2)24-13-10-16-7-3-4-9-18(16)24;/h3-9,14H,10-13H2,1-2H3,(H,21,23)(H,22,25);1H. The Morgan fingerprint density at radius 3 is 2.65 bits per heavy atom. The van der Waals surface area contributed by atoms with Gasteiger partial charge in [-0.2, -0.15) is 0 Å². The molecule has 138 valence electrons. The Morgan fingerprint density at radius 1 is 1.12 bits per heavy atom. The van der Waals surface area contributed by atoms with E-state index in [2.05, 4.69) is 38.7 Å². The van der Waals surface area contributed by atoms with E-state index in [4.69, 9.17) is 0 Å². The zero-order chi connectivity index (χ0) is 17.6. The molecule has 5 nitrogen and oxygen atoms in total. The van der Waals surface area contributed by atoms with Gasteiger partial charge in [-0.1, -0.05) is 35.9 Å². The number of nitrogens with one attached hydrogen (secondary N) is 2. The summed E-state index contributed by atoms with van der Waals surface area (Å²) in [5, 5.41) is 6.27. The molecule has 1 aliphatic rings. The van der Waals surface area contributed by atoms with Crippen LogP contribution < -0.4 is 15.5 Å². The third kappa shape index (κ3) is 4.75. The molecule has 0 radical (unpaired) electrons. The van der Waals surface area contributed by atoms with Crippen molar-refractivity contribution in [3.8, 4) is 0 Å². The highest BCUT2D eigenvalue weighted by atomic mass is 127. The van der Waals surface area contributed by atoms with Crippen molar-refractivity contribution < 1.29 is 4.79 Å². The van der Waals surface area contributed by atoms with Gasteiger partial charge in [0, 0.05) is 37.9 Å². The molecule has 0 atom stereocenters. The number of rotatable bonds is 4.